The van der Waals surface area contributed by atoms with Crippen molar-refractivity contribution in [2.75, 3.05) is 25.6 Å². The highest BCUT2D eigenvalue weighted by molar-refractivity contribution is 5.57. The SMILES string of the molecule is COc1cc(F)ccc1NC1CCCOC1. The number of methoxy groups -OCH3 is 1. The maximum atomic E-state index is 13.0. The Balaban J connectivity index is 2.07. The first-order valence-corrected chi connectivity index (χ1v) is 5.47. The molecule has 0 bridgehead atoms. The van der Waals surface area contributed by atoms with Gasteiger partial charge in [0.05, 0.1) is 19.4 Å². The summed E-state index contributed by atoms with van der Waals surface area (Å²) >= 11 is 0. The van der Waals surface area contributed by atoms with Crippen molar-refractivity contribution in [3.05, 3.63) is 24.0 Å². The molecule has 1 atom stereocenters. The van der Waals surface area contributed by atoms with Crippen molar-refractivity contribution in [2.24, 2.45) is 0 Å². The van der Waals surface area contributed by atoms with Gasteiger partial charge >= 0.3 is 0 Å². The Kier molecular flexibility index (Phi) is 3.62. The molecule has 1 aromatic carbocycles. The van der Waals surface area contributed by atoms with E-state index in [1.807, 2.05) is 0 Å². The fourth-order valence-electron chi connectivity index (χ4n) is 1.86. The van der Waals surface area contributed by atoms with Crippen molar-refractivity contribution in [2.45, 2.75) is 18.9 Å². The molecule has 1 N–H and O–H groups in total. The van der Waals surface area contributed by atoms with E-state index in [1.165, 1.54) is 19.2 Å². The van der Waals surface area contributed by atoms with Crippen LogP contribution < -0.4 is 10.1 Å². The van der Waals surface area contributed by atoms with Gasteiger partial charge in [-0.2, -0.15) is 0 Å². The first kappa shape index (κ1) is 11.2. The quantitative estimate of drug-likeness (QED) is 0.857. The fourth-order valence-corrected chi connectivity index (χ4v) is 1.86. The second-order valence-electron chi connectivity index (χ2n) is 3.90. The van der Waals surface area contributed by atoms with Crippen LogP contribution in [-0.2, 0) is 4.74 Å². The van der Waals surface area contributed by atoms with Gasteiger partial charge in [0.25, 0.3) is 0 Å². The summed E-state index contributed by atoms with van der Waals surface area (Å²) in [7, 11) is 1.54. The number of hydrogen-bond donors (Lipinski definition) is 1. The van der Waals surface area contributed by atoms with Crippen LogP contribution in [0.3, 0.4) is 0 Å². The van der Waals surface area contributed by atoms with E-state index in [0.29, 0.717) is 12.4 Å². The molecule has 0 aliphatic carbocycles. The maximum Gasteiger partial charge on any atom is 0.144 e. The maximum absolute atomic E-state index is 13.0. The molecular weight excluding hydrogens is 209 g/mol. The van der Waals surface area contributed by atoms with Crippen molar-refractivity contribution >= 4 is 5.69 Å². The van der Waals surface area contributed by atoms with Gasteiger partial charge in [0, 0.05) is 18.7 Å². The third-order valence-electron chi connectivity index (χ3n) is 2.68. The molecule has 1 saturated heterocycles. The minimum absolute atomic E-state index is 0.285. The summed E-state index contributed by atoms with van der Waals surface area (Å²) in [5.41, 5.74) is 0.819. The average Bonchev–Trinajstić information content (AvgIpc) is 2.33. The van der Waals surface area contributed by atoms with E-state index >= 15 is 0 Å². The monoisotopic (exact) mass is 225 g/mol. The van der Waals surface area contributed by atoms with Crippen LogP contribution in [0.15, 0.2) is 18.2 Å². The molecule has 0 radical (unpaired) electrons. The van der Waals surface area contributed by atoms with E-state index in [2.05, 4.69) is 5.32 Å². The van der Waals surface area contributed by atoms with Gasteiger partial charge in [-0.1, -0.05) is 0 Å². The summed E-state index contributed by atoms with van der Waals surface area (Å²) in [6, 6.07) is 4.79. The Labute approximate surface area is 94.6 Å². The molecule has 0 aromatic heterocycles. The fraction of sp³-hybridized carbons (Fsp3) is 0.500. The summed E-state index contributed by atoms with van der Waals surface area (Å²) in [5.74, 6) is 0.243. The van der Waals surface area contributed by atoms with E-state index in [1.54, 1.807) is 6.07 Å². The van der Waals surface area contributed by atoms with E-state index in [-0.39, 0.29) is 11.9 Å². The molecule has 1 aliphatic rings. The van der Waals surface area contributed by atoms with Crippen LogP contribution >= 0.6 is 0 Å². The van der Waals surface area contributed by atoms with Crippen LogP contribution in [0.5, 0.6) is 5.75 Å². The summed E-state index contributed by atoms with van der Waals surface area (Å²) in [5, 5.41) is 3.31. The second kappa shape index (κ2) is 5.16. The second-order valence-corrected chi connectivity index (χ2v) is 3.90. The molecule has 3 nitrogen and oxygen atoms in total. The predicted molar refractivity (Wildman–Crippen MR) is 60.4 cm³/mol. The molecular formula is C12H16FNO2. The molecule has 1 aromatic rings. The predicted octanol–water partition coefficient (Wildman–Crippen LogP) is 2.43. The number of halogens is 1. The number of ether oxygens (including phenoxy) is 2. The van der Waals surface area contributed by atoms with Crippen LogP contribution in [0.4, 0.5) is 10.1 Å². The van der Waals surface area contributed by atoms with Gasteiger partial charge in [-0.3, -0.25) is 0 Å². The van der Waals surface area contributed by atoms with Crippen molar-refractivity contribution in [3.63, 3.8) is 0 Å². The van der Waals surface area contributed by atoms with Crippen LogP contribution in [-0.4, -0.2) is 26.4 Å². The molecule has 0 amide bonds. The summed E-state index contributed by atoms with van der Waals surface area (Å²) in [6.45, 7) is 1.53. The Hall–Kier alpha value is -1.29. The zero-order valence-electron chi connectivity index (χ0n) is 9.33. The molecule has 0 spiro atoms. The number of anilines is 1. The molecule has 4 heteroatoms. The van der Waals surface area contributed by atoms with E-state index in [9.17, 15) is 4.39 Å². The summed E-state index contributed by atoms with van der Waals surface area (Å²) in [4.78, 5) is 0. The van der Waals surface area contributed by atoms with Gasteiger partial charge in [0.15, 0.2) is 0 Å². The van der Waals surface area contributed by atoms with Gasteiger partial charge in [-0.25, -0.2) is 4.39 Å². The van der Waals surface area contributed by atoms with Crippen LogP contribution in [0.25, 0.3) is 0 Å². The smallest absolute Gasteiger partial charge is 0.144 e. The third kappa shape index (κ3) is 2.64. The topological polar surface area (TPSA) is 30.5 Å². The number of rotatable bonds is 3. The first-order valence-electron chi connectivity index (χ1n) is 5.47. The molecule has 0 saturated carbocycles. The Morgan fingerprint density at radius 1 is 1.50 bits per heavy atom. The van der Waals surface area contributed by atoms with E-state index in [4.69, 9.17) is 9.47 Å². The lowest BCUT2D eigenvalue weighted by Gasteiger charge is -2.25. The summed E-state index contributed by atoms with van der Waals surface area (Å²) in [6.07, 6.45) is 2.13. The summed E-state index contributed by atoms with van der Waals surface area (Å²) < 4.78 is 23.5. The number of hydrogen-bond acceptors (Lipinski definition) is 3. The minimum Gasteiger partial charge on any atom is -0.494 e. The van der Waals surface area contributed by atoms with Gasteiger partial charge in [-0.15, -0.1) is 0 Å². The molecule has 1 aliphatic heterocycles. The van der Waals surface area contributed by atoms with Crippen LogP contribution in [0.1, 0.15) is 12.8 Å². The standard InChI is InChI=1S/C12H16FNO2/c1-15-12-7-9(13)4-5-11(12)14-10-3-2-6-16-8-10/h4-5,7,10,14H,2-3,6,8H2,1H3. The zero-order chi connectivity index (χ0) is 11.4. The third-order valence-corrected chi connectivity index (χ3v) is 2.68. The molecule has 1 heterocycles. The molecule has 1 unspecified atom stereocenters. The van der Waals surface area contributed by atoms with Gasteiger partial charge in [-0.05, 0) is 25.0 Å². The van der Waals surface area contributed by atoms with E-state index < -0.39 is 0 Å². The molecule has 16 heavy (non-hydrogen) atoms. The lowest BCUT2D eigenvalue weighted by Crippen LogP contribution is -2.30. The first-order chi connectivity index (χ1) is 7.79. The molecule has 2 rings (SSSR count). The van der Waals surface area contributed by atoms with Crippen molar-refractivity contribution in [3.8, 4) is 5.75 Å². The van der Waals surface area contributed by atoms with Gasteiger partial charge < -0.3 is 14.8 Å². The Morgan fingerprint density at radius 3 is 3.06 bits per heavy atom. The number of nitrogens with one attached hydrogen (secondary N) is 1. The number of benzene rings is 1. The van der Waals surface area contributed by atoms with Crippen molar-refractivity contribution in [1.82, 2.24) is 0 Å². The Morgan fingerprint density at radius 2 is 2.38 bits per heavy atom. The highest BCUT2D eigenvalue weighted by Crippen LogP contribution is 2.26. The minimum atomic E-state index is -0.290. The van der Waals surface area contributed by atoms with Crippen LogP contribution in [0, 0.1) is 5.82 Å². The Bertz CT molecular complexity index is 351. The normalized spacial score (nSPS) is 20.5. The lowest BCUT2D eigenvalue weighted by atomic mass is 10.1. The largest absolute Gasteiger partial charge is 0.494 e. The molecule has 88 valence electrons. The average molecular weight is 225 g/mol. The van der Waals surface area contributed by atoms with Crippen molar-refractivity contribution < 1.29 is 13.9 Å². The highest BCUT2D eigenvalue weighted by atomic mass is 19.1. The van der Waals surface area contributed by atoms with Gasteiger partial charge in [0.2, 0.25) is 0 Å². The lowest BCUT2D eigenvalue weighted by molar-refractivity contribution is 0.0875. The van der Waals surface area contributed by atoms with E-state index in [0.717, 1.165) is 25.1 Å². The highest BCUT2D eigenvalue weighted by Gasteiger charge is 2.15. The molecule has 1 fully saturated rings. The zero-order valence-corrected chi connectivity index (χ0v) is 9.33. The van der Waals surface area contributed by atoms with Gasteiger partial charge in [0.1, 0.15) is 11.6 Å². The van der Waals surface area contributed by atoms with Crippen molar-refractivity contribution in [1.29, 1.82) is 0 Å². The van der Waals surface area contributed by atoms with Crippen LogP contribution in [0.2, 0.25) is 0 Å².